The van der Waals surface area contributed by atoms with Crippen molar-refractivity contribution in [2.75, 3.05) is 19.8 Å². The topological polar surface area (TPSA) is 44.5 Å². The summed E-state index contributed by atoms with van der Waals surface area (Å²) in [6.45, 7) is 2.00. The predicted octanol–water partition coefficient (Wildman–Crippen LogP) is 2.33. The second-order valence-corrected chi connectivity index (χ2v) is 4.63. The molecule has 1 aromatic rings. The number of nitrogens with two attached hydrogens (primary N) is 1. The summed E-state index contributed by atoms with van der Waals surface area (Å²) in [4.78, 5) is 0. The molecule has 0 aliphatic carbocycles. The Morgan fingerprint density at radius 2 is 2.26 bits per heavy atom. The molecule has 0 radical (unpaired) electrons. The molecule has 1 aliphatic heterocycles. The minimum atomic E-state index is 0.368. The first-order chi connectivity index (χ1) is 9.40. The number of hydrogen-bond acceptors (Lipinski definition) is 3. The molecule has 3 heteroatoms. The van der Waals surface area contributed by atoms with E-state index in [1.165, 1.54) is 12.8 Å². The highest BCUT2D eigenvalue weighted by atomic mass is 16.5. The zero-order chi connectivity index (χ0) is 13.3. The Morgan fingerprint density at radius 1 is 1.37 bits per heavy atom. The lowest BCUT2D eigenvalue weighted by atomic mass is 10.1. The standard InChI is InChI=1S/C16H21NO2/c17-11-3-7-14-6-1-2-10-16(14)19-13-5-9-15-8-4-12-18-15/h1-2,6,10,15H,4-5,8-9,11-13,17H2. The first kappa shape index (κ1) is 13.9. The highest BCUT2D eigenvalue weighted by Gasteiger charge is 2.14. The lowest BCUT2D eigenvalue weighted by Gasteiger charge is -2.11. The van der Waals surface area contributed by atoms with Crippen LogP contribution in [0, 0.1) is 11.8 Å². The van der Waals surface area contributed by atoms with Crippen LogP contribution in [0.4, 0.5) is 0 Å². The molecule has 0 saturated carbocycles. The van der Waals surface area contributed by atoms with Crippen LogP contribution in [0.2, 0.25) is 0 Å². The Hall–Kier alpha value is -1.50. The van der Waals surface area contributed by atoms with Gasteiger partial charge < -0.3 is 15.2 Å². The van der Waals surface area contributed by atoms with Gasteiger partial charge in [0.25, 0.3) is 0 Å². The third-order valence-corrected chi connectivity index (χ3v) is 3.16. The molecule has 0 bridgehead atoms. The molecule has 0 aromatic heterocycles. The van der Waals surface area contributed by atoms with Gasteiger partial charge in [0.1, 0.15) is 5.75 Å². The molecule has 1 fully saturated rings. The van der Waals surface area contributed by atoms with E-state index in [0.717, 1.165) is 30.8 Å². The number of rotatable bonds is 5. The second-order valence-electron chi connectivity index (χ2n) is 4.63. The van der Waals surface area contributed by atoms with E-state index in [9.17, 15) is 0 Å². The summed E-state index contributed by atoms with van der Waals surface area (Å²) in [5, 5.41) is 0. The number of hydrogen-bond donors (Lipinski definition) is 1. The van der Waals surface area contributed by atoms with Crippen LogP contribution in [0.1, 0.15) is 31.2 Å². The average molecular weight is 259 g/mol. The summed E-state index contributed by atoms with van der Waals surface area (Å²) in [5.41, 5.74) is 6.30. The summed E-state index contributed by atoms with van der Waals surface area (Å²) in [6.07, 6.45) is 4.93. The van der Waals surface area contributed by atoms with E-state index >= 15 is 0 Å². The van der Waals surface area contributed by atoms with Gasteiger partial charge in [-0.1, -0.05) is 24.0 Å². The molecule has 102 valence electrons. The van der Waals surface area contributed by atoms with Crippen LogP contribution in [0.25, 0.3) is 0 Å². The highest BCUT2D eigenvalue weighted by Crippen LogP contribution is 2.19. The molecule has 0 spiro atoms. The van der Waals surface area contributed by atoms with E-state index in [1.807, 2.05) is 24.3 Å². The maximum Gasteiger partial charge on any atom is 0.134 e. The summed E-state index contributed by atoms with van der Waals surface area (Å²) in [7, 11) is 0. The van der Waals surface area contributed by atoms with Crippen LogP contribution in [0.15, 0.2) is 24.3 Å². The Bertz CT molecular complexity index is 442. The molecule has 1 aromatic carbocycles. The molecule has 1 unspecified atom stereocenters. The Morgan fingerprint density at radius 3 is 3.05 bits per heavy atom. The SMILES string of the molecule is NCC#Cc1ccccc1OCCCC1CCCO1. The first-order valence-corrected chi connectivity index (χ1v) is 6.92. The van der Waals surface area contributed by atoms with E-state index in [4.69, 9.17) is 15.2 Å². The van der Waals surface area contributed by atoms with E-state index in [2.05, 4.69) is 11.8 Å². The number of para-hydroxylation sites is 1. The van der Waals surface area contributed by atoms with Crippen LogP contribution in [-0.2, 0) is 4.74 Å². The third-order valence-electron chi connectivity index (χ3n) is 3.16. The van der Waals surface area contributed by atoms with Gasteiger partial charge in [0, 0.05) is 6.61 Å². The molecule has 2 N–H and O–H groups in total. The molecule has 3 nitrogen and oxygen atoms in total. The van der Waals surface area contributed by atoms with E-state index in [1.54, 1.807) is 0 Å². The van der Waals surface area contributed by atoms with Crippen LogP contribution >= 0.6 is 0 Å². The van der Waals surface area contributed by atoms with Crippen LogP contribution in [-0.4, -0.2) is 25.9 Å². The second kappa shape index (κ2) is 7.83. The van der Waals surface area contributed by atoms with Crippen molar-refractivity contribution in [1.82, 2.24) is 0 Å². The third kappa shape index (κ3) is 4.59. The molecule has 19 heavy (non-hydrogen) atoms. The van der Waals surface area contributed by atoms with Gasteiger partial charge in [-0.15, -0.1) is 0 Å². The number of benzene rings is 1. The van der Waals surface area contributed by atoms with Crippen LogP contribution in [0.5, 0.6) is 5.75 Å². The van der Waals surface area contributed by atoms with Gasteiger partial charge in [-0.25, -0.2) is 0 Å². The van der Waals surface area contributed by atoms with Crippen molar-refractivity contribution in [3.63, 3.8) is 0 Å². The highest BCUT2D eigenvalue weighted by molar-refractivity contribution is 5.45. The van der Waals surface area contributed by atoms with Gasteiger partial charge in [-0.2, -0.15) is 0 Å². The van der Waals surface area contributed by atoms with Crippen LogP contribution < -0.4 is 10.5 Å². The molecule has 2 rings (SSSR count). The van der Waals surface area contributed by atoms with Crippen molar-refractivity contribution in [3.05, 3.63) is 29.8 Å². The first-order valence-electron chi connectivity index (χ1n) is 6.92. The van der Waals surface area contributed by atoms with Gasteiger partial charge >= 0.3 is 0 Å². The molecular formula is C16H21NO2. The van der Waals surface area contributed by atoms with Gasteiger partial charge in [0.05, 0.1) is 24.8 Å². The summed E-state index contributed by atoms with van der Waals surface area (Å²) in [6, 6.07) is 7.83. The van der Waals surface area contributed by atoms with E-state index in [-0.39, 0.29) is 0 Å². The van der Waals surface area contributed by atoms with Crippen molar-refractivity contribution >= 4 is 0 Å². The monoisotopic (exact) mass is 259 g/mol. The molecule has 1 aliphatic rings. The minimum Gasteiger partial charge on any atom is -0.492 e. The van der Waals surface area contributed by atoms with Gasteiger partial charge in [0.2, 0.25) is 0 Å². The number of ether oxygens (including phenoxy) is 2. The summed E-state index contributed by atoms with van der Waals surface area (Å²) < 4.78 is 11.4. The fourth-order valence-corrected chi connectivity index (χ4v) is 2.21. The van der Waals surface area contributed by atoms with Crippen molar-refractivity contribution in [1.29, 1.82) is 0 Å². The zero-order valence-corrected chi connectivity index (χ0v) is 11.2. The van der Waals surface area contributed by atoms with E-state index in [0.29, 0.717) is 19.3 Å². The maximum absolute atomic E-state index is 5.80. The zero-order valence-electron chi connectivity index (χ0n) is 11.2. The molecule has 1 heterocycles. The van der Waals surface area contributed by atoms with Gasteiger partial charge in [0.15, 0.2) is 0 Å². The fraction of sp³-hybridized carbons (Fsp3) is 0.500. The Labute approximate surface area is 115 Å². The predicted molar refractivity (Wildman–Crippen MR) is 76.1 cm³/mol. The Balaban J connectivity index is 1.78. The largest absolute Gasteiger partial charge is 0.492 e. The normalized spacial score (nSPS) is 17.8. The molecule has 1 saturated heterocycles. The molecule has 1 atom stereocenters. The summed E-state index contributed by atoms with van der Waals surface area (Å²) >= 11 is 0. The smallest absolute Gasteiger partial charge is 0.134 e. The van der Waals surface area contributed by atoms with Crippen molar-refractivity contribution < 1.29 is 9.47 Å². The van der Waals surface area contributed by atoms with Crippen molar-refractivity contribution in [3.8, 4) is 17.6 Å². The summed E-state index contributed by atoms with van der Waals surface area (Å²) in [5.74, 6) is 6.73. The fourth-order valence-electron chi connectivity index (χ4n) is 2.21. The average Bonchev–Trinajstić information content (AvgIpc) is 2.95. The Kier molecular flexibility index (Phi) is 5.74. The van der Waals surface area contributed by atoms with E-state index < -0.39 is 0 Å². The van der Waals surface area contributed by atoms with Gasteiger partial charge in [-0.3, -0.25) is 0 Å². The minimum absolute atomic E-state index is 0.368. The lowest BCUT2D eigenvalue weighted by molar-refractivity contribution is 0.0981. The lowest BCUT2D eigenvalue weighted by Crippen LogP contribution is -2.08. The van der Waals surface area contributed by atoms with Crippen molar-refractivity contribution in [2.24, 2.45) is 5.73 Å². The molecule has 0 amide bonds. The van der Waals surface area contributed by atoms with Gasteiger partial charge in [-0.05, 0) is 37.8 Å². The quantitative estimate of drug-likeness (QED) is 0.652. The van der Waals surface area contributed by atoms with Crippen LogP contribution in [0.3, 0.4) is 0 Å². The van der Waals surface area contributed by atoms with Crippen molar-refractivity contribution in [2.45, 2.75) is 31.8 Å². The molecular weight excluding hydrogens is 238 g/mol. The maximum atomic E-state index is 5.80.